The molecule has 4 heteroatoms. The number of carbonyl (C=O) groups is 1. The van der Waals surface area contributed by atoms with E-state index in [0.29, 0.717) is 17.0 Å². The van der Waals surface area contributed by atoms with Gasteiger partial charge in [-0.25, -0.2) is 0 Å². The number of Topliss-reactive ketones (excluding diaryl/α,β-unsaturated/α-hetero) is 1. The first-order chi connectivity index (χ1) is 8.04. The summed E-state index contributed by atoms with van der Waals surface area (Å²) in [5.41, 5.74) is 0.647. The number of hydrogen-bond acceptors (Lipinski definition) is 3. The van der Waals surface area contributed by atoms with Crippen molar-refractivity contribution < 1.29 is 9.90 Å². The van der Waals surface area contributed by atoms with E-state index in [1.807, 2.05) is 13.8 Å². The lowest BCUT2D eigenvalue weighted by Gasteiger charge is -2.15. The fourth-order valence-electron chi connectivity index (χ4n) is 1.54. The fourth-order valence-corrected chi connectivity index (χ4v) is 2.92. The number of thioether (sulfide) groups is 1. The summed E-state index contributed by atoms with van der Waals surface area (Å²) in [6, 6.07) is 7.01. The number of halogens is 1. The van der Waals surface area contributed by atoms with E-state index in [0.717, 1.165) is 0 Å². The number of rotatable bonds is 6. The third-order valence-corrected chi connectivity index (χ3v) is 4.01. The van der Waals surface area contributed by atoms with E-state index in [1.165, 1.54) is 0 Å². The lowest BCUT2D eigenvalue weighted by molar-refractivity contribution is 0.0993. The molecule has 0 aromatic heterocycles. The average molecular weight is 273 g/mol. The Morgan fingerprint density at radius 3 is 2.76 bits per heavy atom. The molecule has 0 saturated carbocycles. The smallest absolute Gasteiger partial charge is 0.175 e. The predicted molar refractivity (Wildman–Crippen MR) is 74.0 cm³/mol. The molecule has 2 unspecified atom stereocenters. The van der Waals surface area contributed by atoms with Crippen LogP contribution in [-0.4, -0.2) is 28.0 Å². The maximum absolute atomic E-state index is 12.1. The van der Waals surface area contributed by atoms with E-state index in [9.17, 15) is 4.79 Å². The zero-order valence-corrected chi connectivity index (χ0v) is 11.6. The van der Waals surface area contributed by atoms with Gasteiger partial charge in [0, 0.05) is 22.4 Å². The van der Waals surface area contributed by atoms with Gasteiger partial charge in [-0.1, -0.05) is 30.7 Å². The van der Waals surface area contributed by atoms with Crippen LogP contribution in [0, 0.1) is 0 Å². The lowest BCUT2D eigenvalue weighted by Crippen LogP contribution is -2.17. The minimum absolute atomic E-state index is 0.0855. The number of ketones is 1. The zero-order valence-electron chi connectivity index (χ0n) is 10.0. The molecule has 0 radical (unpaired) electrons. The molecule has 1 rings (SSSR count). The SMILES string of the molecule is CC(CCO)SC(C)C(=O)c1cccc(Cl)c1. The summed E-state index contributed by atoms with van der Waals surface area (Å²) < 4.78 is 0. The number of aliphatic hydroxyl groups excluding tert-OH is 1. The second-order valence-corrected chi connectivity index (χ2v) is 6.20. The summed E-state index contributed by atoms with van der Waals surface area (Å²) >= 11 is 7.44. The second kappa shape index (κ2) is 7.04. The first kappa shape index (κ1) is 14.6. The van der Waals surface area contributed by atoms with Crippen LogP contribution in [0.3, 0.4) is 0 Å². The Labute approximate surface area is 111 Å². The first-order valence-corrected chi connectivity index (χ1v) is 6.92. The lowest BCUT2D eigenvalue weighted by atomic mass is 10.1. The van der Waals surface area contributed by atoms with Crippen LogP contribution in [0.5, 0.6) is 0 Å². The molecular formula is C13H17ClO2S. The van der Waals surface area contributed by atoms with Crippen molar-refractivity contribution in [1.82, 2.24) is 0 Å². The molecule has 1 N–H and O–H groups in total. The number of benzene rings is 1. The van der Waals surface area contributed by atoms with Gasteiger partial charge in [0.05, 0.1) is 5.25 Å². The van der Waals surface area contributed by atoms with E-state index in [2.05, 4.69) is 0 Å². The maximum atomic E-state index is 12.1. The van der Waals surface area contributed by atoms with Crippen molar-refractivity contribution in [3.63, 3.8) is 0 Å². The van der Waals surface area contributed by atoms with Crippen molar-refractivity contribution in [2.75, 3.05) is 6.61 Å². The molecule has 0 fully saturated rings. The van der Waals surface area contributed by atoms with E-state index in [4.69, 9.17) is 16.7 Å². The zero-order chi connectivity index (χ0) is 12.8. The third-order valence-electron chi connectivity index (χ3n) is 2.45. The maximum Gasteiger partial charge on any atom is 0.175 e. The Morgan fingerprint density at radius 1 is 1.47 bits per heavy atom. The Bertz CT molecular complexity index is 381. The molecule has 1 aromatic carbocycles. The van der Waals surface area contributed by atoms with Gasteiger partial charge in [0.1, 0.15) is 0 Å². The van der Waals surface area contributed by atoms with Gasteiger partial charge in [-0.3, -0.25) is 4.79 Å². The van der Waals surface area contributed by atoms with Gasteiger partial charge in [0.15, 0.2) is 5.78 Å². The van der Waals surface area contributed by atoms with Crippen molar-refractivity contribution in [2.45, 2.75) is 30.8 Å². The van der Waals surface area contributed by atoms with Crippen LogP contribution >= 0.6 is 23.4 Å². The highest BCUT2D eigenvalue weighted by molar-refractivity contribution is 8.01. The molecule has 0 bridgehead atoms. The minimum Gasteiger partial charge on any atom is -0.396 e. The van der Waals surface area contributed by atoms with Crippen LogP contribution in [0.15, 0.2) is 24.3 Å². The quantitative estimate of drug-likeness (QED) is 0.807. The largest absolute Gasteiger partial charge is 0.396 e. The molecule has 0 spiro atoms. The van der Waals surface area contributed by atoms with Gasteiger partial charge in [0.25, 0.3) is 0 Å². The van der Waals surface area contributed by atoms with Crippen LogP contribution < -0.4 is 0 Å². The van der Waals surface area contributed by atoms with E-state index in [-0.39, 0.29) is 22.9 Å². The molecule has 0 saturated heterocycles. The number of carbonyl (C=O) groups excluding carboxylic acids is 1. The summed E-state index contributed by atoms with van der Waals surface area (Å²) in [6.07, 6.45) is 0.706. The van der Waals surface area contributed by atoms with Crippen LogP contribution in [-0.2, 0) is 0 Å². The van der Waals surface area contributed by atoms with Crippen molar-refractivity contribution in [3.8, 4) is 0 Å². The Hall–Kier alpha value is -0.510. The van der Waals surface area contributed by atoms with Crippen LogP contribution in [0.4, 0.5) is 0 Å². The number of hydrogen-bond donors (Lipinski definition) is 1. The molecule has 0 amide bonds. The van der Waals surface area contributed by atoms with Gasteiger partial charge >= 0.3 is 0 Å². The summed E-state index contributed by atoms with van der Waals surface area (Å²) in [7, 11) is 0. The van der Waals surface area contributed by atoms with E-state index in [1.54, 1.807) is 36.0 Å². The van der Waals surface area contributed by atoms with Gasteiger partial charge in [-0.05, 0) is 25.5 Å². The molecule has 17 heavy (non-hydrogen) atoms. The normalized spacial score (nSPS) is 14.4. The Balaban J connectivity index is 2.63. The van der Waals surface area contributed by atoms with Crippen molar-refractivity contribution in [2.24, 2.45) is 0 Å². The molecule has 0 aliphatic heterocycles. The van der Waals surface area contributed by atoms with Crippen LogP contribution in [0.2, 0.25) is 5.02 Å². The van der Waals surface area contributed by atoms with Crippen molar-refractivity contribution in [3.05, 3.63) is 34.9 Å². The van der Waals surface area contributed by atoms with Gasteiger partial charge in [-0.2, -0.15) is 0 Å². The molecule has 0 aliphatic rings. The predicted octanol–water partition coefficient (Wildman–Crippen LogP) is 3.42. The van der Waals surface area contributed by atoms with Crippen LogP contribution in [0.25, 0.3) is 0 Å². The van der Waals surface area contributed by atoms with E-state index >= 15 is 0 Å². The second-order valence-electron chi connectivity index (χ2n) is 3.98. The molecule has 2 atom stereocenters. The summed E-state index contributed by atoms with van der Waals surface area (Å²) in [6.45, 7) is 4.07. The molecule has 1 aromatic rings. The summed E-state index contributed by atoms with van der Waals surface area (Å²) in [5, 5.41) is 9.57. The van der Waals surface area contributed by atoms with Crippen LogP contribution in [0.1, 0.15) is 30.6 Å². The summed E-state index contributed by atoms with van der Waals surface area (Å²) in [5.74, 6) is 0.0855. The topological polar surface area (TPSA) is 37.3 Å². The standard InChI is InChI=1S/C13H17ClO2S/c1-9(6-7-15)17-10(2)13(16)11-4-3-5-12(14)8-11/h3-5,8-10,15H,6-7H2,1-2H3. The average Bonchev–Trinajstić information content (AvgIpc) is 2.28. The van der Waals surface area contributed by atoms with Gasteiger partial charge in [-0.15, -0.1) is 11.8 Å². The summed E-state index contributed by atoms with van der Waals surface area (Å²) in [4.78, 5) is 12.1. The Morgan fingerprint density at radius 2 is 2.18 bits per heavy atom. The Kier molecular flexibility index (Phi) is 6.03. The molecule has 0 heterocycles. The third kappa shape index (κ3) is 4.70. The van der Waals surface area contributed by atoms with Gasteiger partial charge in [0.2, 0.25) is 0 Å². The molecule has 2 nitrogen and oxygen atoms in total. The molecule has 0 aliphatic carbocycles. The first-order valence-electron chi connectivity index (χ1n) is 5.60. The fraction of sp³-hybridized carbons (Fsp3) is 0.462. The van der Waals surface area contributed by atoms with Gasteiger partial charge < -0.3 is 5.11 Å². The highest BCUT2D eigenvalue weighted by Crippen LogP contribution is 2.23. The highest BCUT2D eigenvalue weighted by Gasteiger charge is 2.18. The molecule has 94 valence electrons. The highest BCUT2D eigenvalue weighted by atomic mass is 35.5. The monoisotopic (exact) mass is 272 g/mol. The number of aliphatic hydroxyl groups is 1. The van der Waals surface area contributed by atoms with E-state index < -0.39 is 0 Å². The molecular weight excluding hydrogens is 256 g/mol. The van der Waals surface area contributed by atoms with Crippen molar-refractivity contribution >= 4 is 29.1 Å². The minimum atomic E-state index is -0.116. The van der Waals surface area contributed by atoms with Crippen molar-refractivity contribution in [1.29, 1.82) is 0 Å².